The first-order chi connectivity index (χ1) is 47.1. The predicted molar refractivity (Wildman–Crippen MR) is 400 cm³/mol. The zero-order chi connectivity index (χ0) is 72.4. The van der Waals surface area contributed by atoms with Crippen molar-refractivity contribution in [3.05, 3.63) is 0 Å². The van der Waals surface area contributed by atoms with E-state index in [4.69, 9.17) is 37.0 Å². The molecule has 6 atom stereocenters. The van der Waals surface area contributed by atoms with Crippen LogP contribution < -0.4 is 0 Å². The summed E-state index contributed by atoms with van der Waals surface area (Å²) in [5, 5.41) is 10.6. The van der Waals surface area contributed by atoms with Crippen LogP contribution in [0, 0.1) is 23.7 Å². The Morgan fingerprint density at radius 1 is 0.286 bits per heavy atom. The Bertz CT molecular complexity index is 1920. The molecule has 19 heteroatoms. The molecule has 0 heterocycles. The van der Waals surface area contributed by atoms with Gasteiger partial charge in [0.15, 0.2) is 12.2 Å². The Morgan fingerprint density at radius 3 is 0.724 bits per heavy atom. The standard InChI is InChI=1S/C79H154O17P2/c1-9-72(8)58-50-42-37-38-44-52-60-77(82)90-66-75(96-79(84)62-54-46-36-30-22-18-14-13-16-20-26-32-40-48-56-70(4)5)68-94-98(87,88)92-64-73(80)63-91-97(85,86)93-67-74(65-89-76(81)59-51-43-34-28-24-23-27-33-41-49-57-71(6)7)95-78(83)61-53-45-35-29-21-17-12-10-11-15-19-25-31-39-47-55-69(2)3/h69-75,80H,9-68H2,1-8H3,(H,85,86)(H,87,88)/t72?,73-,74-,75-/m1/s1. The second kappa shape index (κ2) is 68.2. The molecular formula is C79H154O17P2. The van der Waals surface area contributed by atoms with Gasteiger partial charge in [0.2, 0.25) is 0 Å². The molecule has 0 bridgehead atoms. The normalized spacial score (nSPS) is 14.3. The number of phosphoric acid groups is 2. The number of aliphatic hydroxyl groups is 1. The van der Waals surface area contributed by atoms with Gasteiger partial charge >= 0.3 is 39.5 Å². The molecule has 3 unspecified atom stereocenters. The summed E-state index contributed by atoms with van der Waals surface area (Å²) in [6.07, 6.45) is 54.1. The third-order valence-corrected chi connectivity index (χ3v) is 20.6. The largest absolute Gasteiger partial charge is 0.472 e. The van der Waals surface area contributed by atoms with E-state index in [1.807, 2.05) is 0 Å². The van der Waals surface area contributed by atoms with E-state index in [9.17, 15) is 43.2 Å². The van der Waals surface area contributed by atoms with Crippen molar-refractivity contribution >= 4 is 39.5 Å². The number of carbonyl (C=O) groups excluding carboxylic acids is 4. The third-order valence-electron chi connectivity index (χ3n) is 18.7. The average Bonchev–Trinajstić information content (AvgIpc) is 1.14. The van der Waals surface area contributed by atoms with E-state index < -0.39 is 97.5 Å². The number of unbranched alkanes of at least 4 members (excludes halogenated alkanes) is 41. The van der Waals surface area contributed by atoms with E-state index >= 15 is 0 Å². The van der Waals surface area contributed by atoms with Crippen LogP contribution in [0.15, 0.2) is 0 Å². The van der Waals surface area contributed by atoms with Crippen molar-refractivity contribution in [1.29, 1.82) is 0 Å². The Hall–Kier alpha value is -1.94. The highest BCUT2D eigenvalue weighted by atomic mass is 31.2. The predicted octanol–water partition coefficient (Wildman–Crippen LogP) is 23.2. The number of hydrogen-bond acceptors (Lipinski definition) is 15. The van der Waals surface area contributed by atoms with Crippen LogP contribution in [0.4, 0.5) is 0 Å². The molecule has 0 aromatic heterocycles. The maximum Gasteiger partial charge on any atom is 0.472 e. The van der Waals surface area contributed by atoms with Crippen molar-refractivity contribution in [2.24, 2.45) is 23.7 Å². The molecule has 0 aromatic carbocycles. The lowest BCUT2D eigenvalue weighted by atomic mass is 10.00. The summed E-state index contributed by atoms with van der Waals surface area (Å²) < 4.78 is 68.6. The fraction of sp³-hybridized carbons (Fsp3) is 0.949. The van der Waals surface area contributed by atoms with Crippen LogP contribution >= 0.6 is 15.6 Å². The highest BCUT2D eigenvalue weighted by Gasteiger charge is 2.30. The van der Waals surface area contributed by atoms with Crippen molar-refractivity contribution in [1.82, 2.24) is 0 Å². The number of ether oxygens (including phenoxy) is 4. The summed E-state index contributed by atoms with van der Waals surface area (Å²) >= 11 is 0. The molecule has 0 aromatic rings. The molecule has 0 amide bonds. The lowest BCUT2D eigenvalue weighted by molar-refractivity contribution is -0.161. The Kier molecular flexibility index (Phi) is 66.8. The highest BCUT2D eigenvalue weighted by Crippen LogP contribution is 2.45. The monoisotopic (exact) mass is 1440 g/mol. The van der Waals surface area contributed by atoms with Crippen LogP contribution in [-0.2, 0) is 65.4 Å². The topological polar surface area (TPSA) is 237 Å². The molecule has 0 aliphatic heterocycles. The van der Waals surface area contributed by atoms with E-state index in [0.29, 0.717) is 25.7 Å². The average molecular weight is 1440 g/mol. The van der Waals surface area contributed by atoms with Crippen molar-refractivity contribution in [2.75, 3.05) is 39.6 Å². The van der Waals surface area contributed by atoms with Gasteiger partial charge in [0, 0.05) is 25.7 Å². The summed E-state index contributed by atoms with van der Waals surface area (Å²) in [5.41, 5.74) is 0. The van der Waals surface area contributed by atoms with Gasteiger partial charge in [-0.25, -0.2) is 9.13 Å². The fourth-order valence-electron chi connectivity index (χ4n) is 12.0. The molecule has 0 aliphatic carbocycles. The van der Waals surface area contributed by atoms with Crippen LogP contribution in [0.25, 0.3) is 0 Å². The van der Waals surface area contributed by atoms with E-state index in [-0.39, 0.29) is 25.7 Å². The first-order valence-electron chi connectivity index (χ1n) is 40.7. The molecule has 0 radical (unpaired) electrons. The number of carbonyl (C=O) groups is 4. The Balaban J connectivity index is 5.24. The second-order valence-corrected chi connectivity index (χ2v) is 33.0. The lowest BCUT2D eigenvalue weighted by Crippen LogP contribution is -2.30. The molecular weight excluding hydrogens is 1280 g/mol. The molecule has 0 saturated carbocycles. The van der Waals surface area contributed by atoms with E-state index in [2.05, 4.69) is 55.4 Å². The van der Waals surface area contributed by atoms with Gasteiger partial charge < -0.3 is 33.8 Å². The van der Waals surface area contributed by atoms with E-state index in [0.717, 1.165) is 120 Å². The van der Waals surface area contributed by atoms with Gasteiger partial charge in [0.1, 0.15) is 19.3 Å². The SMILES string of the molecule is CCC(C)CCCCCCCCC(=O)OC[C@H](COP(=O)(O)OC[C@H](O)COP(=O)(O)OC[C@@H](COC(=O)CCCCCCCCCCCCC(C)C)OC(=O)CCCCCCCCCCCCCCCCCC(C)C)OC(=O)CCCCCCCCCCCCCCCCC(C)C. The minimum atomic E-state index is -4.96. The molecule has 0 spiro atoms. The van der Waals surface area contributed by atoms with Gasteiger partial charge in [-0.05, 0) is 49.4 Å². The number of aliphatic hydroxyl groups excluding tert-OH is 1. The van der Waals surface area contributed by atoms with Gasteiger partial charge in [0.05, 0.1) is 26.4 Å². The summed E-state index contributed by atoms with van der Waals surface area (Å²) in [7, 11) is -9.92. The number of esters is 4. The minimum Gasteiger partial charge on any atom is -0.462 e. The molecule has 98 heavy (non-hydrogen) atoms. The van der Waals surface area contributed by atoms with E-state index in [1.54, 1.807) is 0 Å². The smallest absolute Gasteiger partial charge is 0.462 e. The van der Waals surface area contributed by atoms with Gasteiger partial charge in [0.25, 0.3) is 0 Å². The maximum absolute atomic E-state index is 13.1. The molecule has 17 nitrogen and oxygen atoms in total. The molecule has 582 valence electrons. The van der Waals surface area contributed by atoms with Crippen molar-refractivity contribution < 1.29 is 80.2 Å². The number of rotatable bonds is 76. The first-order valence-corrected chi connectivity index (χ1v) is 43.7. The van der Waals surface area contributed by atoms with Crippen LogP contribution in [-0.4, -0.2) is 96.7 Å². The van der Waals surface area contributed by atoms with Gasteiger partial charge in [-0.15, -0.1) is 0 Å². The van der Waals surface area contributed by atoms with E-state index in [1.165, 1.54) is 199 Å². The number of phosphoric ester groups is 2. The fourth-order valence-corrected chi connectivity index (χ4v) is 13.6. The van der Waals surface area contributed by atoms with Crippen molar-refractivity contribution in [3.63, 3.8) is 0 Å². The molecule has 3 N–H and O–H groups in total. The Labute approximate surface area is 600 Å². The molecule has 0 saturated heterocycles. The Morgan fingerprint density at radius 2 is 0.490 bits per heavy atom. The zero-order valence-electron chi connectivity index (χ0n) is 64.4. The quantitative estimate of drug-likeness (QED) is 0.0222. The summed E-state index contributed by atoms with van der Waals surface area (Å²) in [6, 6.07) is 0. The van der Waals surface area contributed by atoms with Crippen LogP contribution in [0.3, 0.4) is 0 Å². The summed E-state index contributed by atoms with van der Waals surface area (Å²) in [4.78, 5) is 72.9. The minimum absolute atomic E-state index is 0.106. The first kappa shape index (κ1) is 96.1. The molecule has 0 rings (SSSR count). The third kappa shape index (κ3) is 71.1. The van der Waals surface area contributed by atoms with Gasteiger partial charge in [-0.3, -0.25) is 37.3 Å². The molecule has 0 fully saturated rings. The van der Waals surface area contributed by atoms with Crippen LogP contribution in [0.1, 0.15) is 402 Å². The highest BCUT2D eigenvalue weighted by molar-refractivity contribution is 7.47. The number of hydrogen-bond donors (Lipinski definition) is 3. The van der Waals surface area contributed by atoms with Crippen LogP contribution in [0.5, 0.6) is 0 Å². The van der Waals surface area contributed by atoms with Gasteiger partial charge in [-0.2, -0.15) is 0 Å². The second-order valence-electron chi connectivity index (χ2n) is 30.1. The van der Waals surface area contributed by atoms with Crippen molar-refractivity contribution in [3.8, 4) is 0 Å². The maximum atomic E-state index is 13.1. The van der Waals surface area contributed by atoms with Gasteiger partial charge in [-0.1, -0.05) is 351 Å². The zero-order valence-corrected chi connectivity index (χ0v) is 66.2. The summed E-state index contributed by atoms with van der Waals surface area (Å²) in [6.45, 7) is 14.2. The summed E-state index contributed by atoms with van der Waals surface area (Å²) in [5.74, 6) is 0.970. The molecule has 0 aliphatic rings. The lowest BCUT2D eigenvalue weighted by Gasteiger charge is -2.21. The van der Waals surface area contributed by atoms with Crippen molar-refractivity contribution in [2.45, 2.75) is 420 Å². The van der Waals surface area contributed by atoms with Crippen LogP contribution in [0.2, 0.25) is 0 Å².